The third-order valence-corrected chi connectivity index (χ3v) is 3.25. The lowest BCUT2D eigenvalue weighted by Crippen LogP contribution is -2.14. The maximum atomic E-state index is 12.5. The fourth-order valence-corrected chi connectivity index (χ4v) is 2.25. The van der Waals surface area contributed by atoms with Crippen molar-refractivity contribution in [2.75, 3.05) is 0 Å². The number of fused-ring (bicyclic) bond motifs is 1. The Hall–Kier alpha value is -2.62. The average Bonchev–Trinajstić information content (AvgIpc) is 2.39. The summed E-state index contributed by atoms with van der Waals surface area (Å²) in [5.41, 5.74) is 1.28. The molecule has 3 rings (SSSR count). The van der Waals surface area contributed by atoms with Gasteiger partial charge in [0.1, 0.15) is 17.6 Å². The number of rotatable bonds is 1. The lowest BCUT2D eigenvalue weighted by molar-refractivity contribution is 0.481. The van der Waals surface area contributed by atoms with Gasteiger partial charge in [0.15, 0.2) is 5.39 Å². The highest BCUT2D eigenvalue weighted by Gasteiger charge is 2.14. The molecule has 0 N–H and O–H groups in total. The van der Waals surface area contributed by atoms with Crippen LogP contribution in [-0.4, -0.2) is 0 Å². The normalized spacial score (nSPS) is 10.9. The molecule has 2 heterocycles. The Kier molecular flexibility index (Phi) is 2.79. The molecule has 0 radical (unpaired) electrons. The third-order valence-electron chi connectivity index (χ3n) is 3.25. The van der Waals surface area contributed by atoms with Crippen molar-refractivity contribution in [2.45, 2.75) is 13.8 Å². The number of hydrogen-bond donors (Lipinski definition) is 0. The Morgan fingerprint density at radius 2 is 1.75 bits per heavy atom. The van der Waals surface area contributed by atoms with Gasteiger partial charge >= 0.3 is 5.63 Å². The summed E-state index contributed by atoms with van der Waals surface area (Å²) in [5.74, 6) is 0.411. The van der Waals surface area contributed by atoms with Crippen LogP contribution in [0.4, 0.5) is 0 Å². The summed E-state index contributed by atoms with van der Waals surface area (Å²) in [6.45, 7) is 3.53. The van der Waals surface area contributed by atoms with Crippen molar-refractivity contribution in [1.29, 1.82) is 0 Å². The second-order valence-corrected chi connectivity index (χ2v) is 4.68. The van der Waals surface area contributed by atoms with Crippen molar-refractivity contribution < 1.29 is 8.83 Å². The minimum atomic E-state index is -0.663. The highest BCUT2D eigenvalue weighted by Crippen LogP contribution is 2.22. The molecule has 0 atom stereocenters. The largest absolute Gasteiger partial charge is 0.463 e. The summed E-state index contributed by atoms with van der Waals surface area (Å²) < 4.78 is 10.4. The zero-order valence-corrected chi connectivity index (χ0v) is 11.1. The van der Waals surface area contributed by atoms with E-state index < -0.39 is 5.63 Å². The maximum absolute atomic E-state index is 12.5. The first kappa shape index (κ1) is 12.4. The molecular weight excluding hydrogens is 256 g/mol. The minimum absolute atomic E-state index is 0.0450. The van der Waals surface area contributed by atoms with Gasteiger partial charge in [0.2, 0.25) is 5.43 Å². The number of hydrogen-bond acceptors (Lipinski definition) is 4. The van der Waals surface area contributed by atoms with E-state index in [-0.39, 0.29) is 16.4 Å². The molecule has 0 fully saturated rings. The summed E-state index contributed by atoms with van der Waals surface area (Å²) in [7, 11) is 0. The summed E-state index contributed by atoms with van der Waals surface area (Å²) in [5, 5.41) is -0.0450. The van der Waals surface area contributed by atoms with Gasteiger partial charge in [0, 0.05) is 6.07 Å². The van der Waals surface area contributed by atoms with E-state index in [0.717, 1.165) is 11.1 Å². The van der Waals surface area contributed by atoms with Crippen LogP contribution in [0.5, 0.6) is 0 Å². The second kappa shape index (κ2) is 4.49. The quantitative estimate of drug-likeness (QED) is 0.680. The van der Waals surface area contributed by atoms with Gasteiger partial charge in [-0.3, -0.25) is 4.79 Å². The molecule has 0 saturated carbocycles. The zero-order valence-electron chi connectivity index (χ0n) is 11.1. The fourth-order valence-electron chi connectivity index (χ4n) is 2.25. The van der Waals surface area contributed by atoms with Crippen molar-refractivity contribution in [2.24, 2.45) is 0 Å². The predicted molar refractivity (Wildman–Crippen MR) is 75.9 cm³/mol. The minimum Gasteiger partial charge on any atom is -0.463 e. The van der Waals surface area contributed by atoms with Gasteiger partial charge < -0.3 is 8.83 Å². The highest BCUT2D eigenvalue weighted by atomic mass is 16.4. The van der Waals surface area contributed by atoms with Gasteiger partial charge in [-0.1, -0.05) is 24.3 Å². The van der Waals surface area contributed by atoms with Crippen LogP contribution in [0.15, 0.2) is 55.0 Å². The lowest BCUT2D eigenvalue weighted by atomic mass is 10.0. The molecule has 0 amide bonds. The van der Waals surface area contributed by atoms with E-state index in [1.54, 1.807) is 13.0 Å². The monoisotopic (exact) mass is 268 g/mol. The van der Waals surface area contributed by atoms with E-state index in [0.29, 0.717) is 11.3 Å². The van der Waals surface area contributed by atoms with Gasteiger partial charge in [0.05, 0.1) is 5.56 Å². The molecule has 0 saturated heterocycles. The summed E-state index contributed by atoms with van der Waals surface area (Å²) in [6, 6.07) is 8.99. The first-order valence-corrected chi connectivity index (χ1v) is 6.20. The van der Waals surface area contributed by atoms with Crippen molar-refractivity contribution >= 4 is 11.0 Å². The molecule has 100 valence electrons. The second-order valence-electron chi connectivity index (χ2n) is 4.68. The molecule has 20 heavy (non-hydrogen) atoms. The van der Waals surface area contributed by atoms with E-state index in [1.807, 2.05) is 31.2 Å². The Morgan fingerprint density at radius 3 is 2.50 bits per heavy atom. The molecule has 3 aromatic rings. The molecule has 1 aromatic carbocycles. The van der Waals surface area contributed by atoms with Crippen LogP contribution < -0.4 is 11.1 Å². The molecule has 4 nitrogen and oxygen atoms in total. The topological polar surface area (TPSA) is 60.4 Å². The summed E-state index contributed by atoms with van der Waals surface area (Å²) in [6.07, 6.45) is 1.39. The van der Waals surface area contributed by atoms with Crippen LogP contribution in [0.25, 0.3) is 22.1 Å². The van der Waals surface area contributed by atoms with Crippen LogP contribution in [0.2, 0.25) is 0 Å². The van der Waals surface area contributed by atoms with Crippen LogP contribution in [0.3, 0.4) is 0 Å². The first-order chi connectivity index (χ1) is 9.58. The van der Waals surface area contributed by atoms with E-state index in [2.05, 4.69) is 0 Å². The van der Waals surface area contributed by atoms with Gasteiger partial charge in [-0.15, -0.1) is 0 Å². The first-order valence-electron chi connectivity index (χ1n) is 6.20. The molecule has 0 aliphatic rings. The van der Waals surface area contributed by atoms with Gasteiger partial charge in [0.25, 0.3) is 0 Å². The van der Waals surface area contributed by atoms with Gasteiger partial charge in [-0.05, 0) is 25.0 Å². The average molecular weight is 268 g/mol. The maximum Gasteiger partial charge on any atom is 0.351 e. The van der Waals surface area contributed by atoms with Crippen LogP contribution >= 0.6 is 0 Å². The molecule has 0 bridgehead atoms. The standard InChI is InChI=1S/C16H12O4/c1-9-5-3-4-6-11(9)12-8-19-13-7-10(2)20-16(18)14(13)15(12)17/h3-8H,1-2H3. The predicted octanol–water partition coefficient (Wildman–Crippen LogP) is 3.03. The lowest BCUT2D eigenvalue weighted by Gasteiger charge is -2.05. The molecule has 0 spiro atoms. The van der Waals surface area contributed by atoms with Gasteiger partial charge in [-0.2, -0.15) is 0 Å². The highest BCUT2D eigenvalue weighted by molar-refractivity contribution is 5.81. The molecule has 0 unspecified atom stereocenters. The van der Waals surface area contributed by atoms with Gasteiger partial charge in [-0.25, -0.2) is 4.79 Å². The molecule has 0 aliphatic carbocycles. The Morgan fingerprint density at radius 1 is 1.00 bits per heavy atom. The molecule has 2 aromatic heterocycles. The SMILES string of the molecule is Cc1cc2occ(-c3ccccc3C)c(=O)c2c(=O)o1. The molecule has 4 heteroatoms. The van der Waals surface area contributed by atoms with E-state index in [4.69, 9.17) is 8.83 Å². The van der Waals surface area contributed by atoms with E-state index in [9.17, 15) is 9.59 Å². The number of aryl methyl sites for hydroxylation is 2. The summed E-state index contributed by atoms with van der Waals surface area (Å²) >= 11 is 0. The van der Waals surface area contributed by atoms with Crippen molar-refractivity contribution in [3.8, 4) is 11.1 Å². The molecular formula is C16H12O4. The fraction of sp³-hybridized carbons (Fsp3) is 0.125. The Balaban J connectivity index is 2.42. The zero-order chi connectivity index (χ0) is 14.3. The van der Waals surface area contributed by atoms with Crippen molar-refractivity contribution in [3.05, 3.63) is 68.6 Å². The molecule has 0 aliphatic heterocycles. The van der Waals surface area contributed by atoms with Crippen LogP contribution in [-0.2, 0) is 0 Å². The third kappa shape index (κ3) is 1.86. The smallest absolute Gasteiger partial charge is 0.351 e. The van der Waals surface area contributed by atoms with E-state index in [1.165, 1.54) is 6.26 Å². The Bertz CT molecular complexity index is 916. The van der Waals surface area contributed by atoms with Crippen molar-refractivity contribution in [3.63, 3.8) is 0 Å². The van der Waals surface area contributed by atoms with Crippen LogP contribution in [0, 0.1) is 13.8 Å². The Labute approximate surface area is 114 Å². The number of benzene rings is 1. The van der Waals surface area contributed by atoms with E-state index >= 15 is 0 Å². The summed E-state index contributed by atoms with van der Waals surface area (Å²) in [4.78, 5) is 24.4. The van der Waals surface area contributed by atoms with Crippen LogP contribution in [0.1, 0.15) is 11.3 Å². The van der Waals surface area contributed by atoms with Crippen molar-refractivity contribution in [1.82, 2.24) is 0 Å².